The smallest absolute Gasteiger partial charge is 0.0843 e. The Balaban J connectivity index is 3.45. The minimum atomic E-state index is -0.877. The fraction of sp³-hybridized carbons (Fsp3) is 0.571. The molecule has 1 rings (SSSR count). The van der Waals surface area contributed by atoms with Crippen LogP contribution in [0.3, 0.4) is 0 Å². The van der Waals surface area contributed by atoms with Gasteiger partial charge in [0.15, 0.2) is 0 Å². The first kappa shape index (κ1) is 13.2. The van der Waals surface area contributed by atoms with Crippen molar-refractivity contribution in [3.8, 4) is 0 Å². The van der Waals surface area contributed by atoms with E-state index in [1.165, 1.54) is 0 Å². The molecule has 0 saturated heterocycles. The van der Waals surface area contributed by atoms with Gasteiger partial charge < -0.3 is 10.2 Å². The number of benzene rings is 1. The first-order chi connectivity index (χ1) is 7.03. The van der Waals surface area contributed by atoms with Gasteiger partial charge in [-0.3, -0.25) is 0 Å². The van der Waals surface area contributed by atoms with E-state index in [0.29, 0.717) is 0 Å². The molecule has 0 radical (unpaired) electrons. The van der Waals surface area contributed by atoms with Gasteiger partial charge in [-0.1, -0.05) is 6.07 Å². The molecule has 0 heterocycles. The molecule has 0 fully saturated rings. The van der Waals surface area contributed by atoms with Crippen LogP contribution >= 0.6 is 0 Å². The van der Waals surface area contributed by atoms with Crippen molar-refractivity contribution in [1.29, 1.82) is 0 Å². The zero-order chi connectivity index (χ0) is 12.7. The highest BCUT2D eigenvalue weighted by atomic mass is 16.3. The Bertz CT molecular complexity index is 357. The lowest BCUT2D eigenvalue weighted by molar-refractivity contribution is 0.0710. The lowest BCUT2D eigenvalue weighted by Gasteiger charge is -2.26. The zero-order valence-corrected chi connectivity index (χ0v) is 11.0. The summed E-state index contributed by atoms with van der Waals surface area (Å²) in [6.07, 6.45) is 0. The standard InChI is InChI=1S/C14H22O2/c1-9-7-10(2)12(14(5,6)16)8-11(9)13(3,4)15/h7-8,15-16H,1-6H3. The second-order valence-electron chi connectivity index (χ2n) is 5.60. The average molecular weight is 222 g/mol. The first-order valence-corrected chi connectivity index (χ1v) is 5.60. The number of aliphatic hydroxyl groups is 2. The van der Waals surface area contributed by atoms with E-state index in [0.717, 1.165) is 22.3 Å². The molecular weight excluding hydrogens is 200 g/mol. The zero-order valence-electron chi connectivity index (χ0n) is 11.0. The van der Waals surface area contributed by atoms with Crippen LogP contribution in [0.1, 0.15) is 49.9 Å². The minimum Gasteiger partial charge on any atom is -0.386 e. The Morgan fingerprint density at radius 1 is 0.750 bits per heavy atom. The second kappa shape index (κ2) is 3.86. The van der Waals surface area contributed by atoms with Crippen LogP contribution < -0.4 is 0 Å². The highest BCUT2D eigenvalue weighted by Gasteiger charge is 2.24. The lowest BCUT2D eigenvalue weighted by atomic mass is 9.85. The Hall–Kier alpha value is -0.860. The molecule has 1 aromatic rings. The van der Waals surface area contributed by atoms with E-state index < -0.39 is 11.2 Å². The predicted octanol–water partition coefficient (Wildman–Crippen LogP) is 2.76. The summed E-state index contributed by atoms with van der Waals surface area (Å²) >= 11 is 0. The highest BCUT2D eigenvalue weighted by Crippen LogP contribution is 2.31. The summed E-state index contributed by atoms with van der Waals surface area (Å²) in [7, 11) is 0. The Labute approximate surface area is 97.9 Å². The van der Waals surface area contributed by atoms with Crippen LogP contribution in [-0.4, -0.2) is 10.2 Å². The maximum absolute atomic E-state index is 10.1. The summed E-state index contributed by atoms with van der Waals surface area (Å²) in [4.78, 5) is 0. The van der Waals surface area contributed by atoms with Crippen molar-refractivity contribution in [1.82, 2.24) is 0 Å². The van der Waals surface area contributed by atoms with Crippen molar-refractivity contribution in [2.75, 3.05) is 0 Å². The molecule has 0 saturated carbocycles. The molecule has 0 aliphatic carbocycles. The van der Waals surface area contributed by atoms with Gasteiger partial charge in [0.1, 0.15) is 0 Å². The molecule has 16 heavy (non-hydrogen) atoms. The number of rotatable bonds is 2. The van der Waals surface area contributed by atoms with Crippen LogP contribution in [0.15, 0.2) is 12.1 Å². The van der Waals surface area contributed by atoms with Crippen molar-refractivity contribution in [3.63, 3.8) is 0 Å². The van der Waals surface area contributed by atoms with E-state index >= 15 is 0 Å². The summed E-state index contributed by atoms with van der Waals surface area (Å²) in [5, 5.41) is 20.1. The van der Waals surface area contributed by atoms with Gasteiger partial charge in [-0.25, -0.2) is 0 Å². The van der Waals surface area contributed by atoms with Crippen molar-refractivity contribution < 1.29 is 10.2 Å². The molecule has 2 nitrogen and oxygen atoms in total. The van der Waals surface area contributed by atoms with Gasteiger partial charge in [-0.15, -0.1) is 0 Å². The first-order valence-electron chi connectivity index (χ1n) is 5.60. The fourth-order valence-electron chi connectivity index (χ4n) is 2.17. The number of hydrogen-bond donors (Lipinski definition) is 2. The van der Waals surface area contributed by atoms with E-state index in [1.807, 2.05) is 26.0 Å². The van der Waals surface area contributed by atoms with E-state index in [-0.39, 0.29) is 0 Å². The van der Waals surface area contributed by atoms with Gasteiger partial charge in [0.25, 0.3) is 0 Å². The van der Waals surface area contributed by atoms with Gasteiger partial charge in [0, 0.05) is 0 Å². The van der Waals surface area contributed by atoms with Gasteiger partial charge in [0.2, 0.25) is 0 Å². The van der Waals surface area contributed by atoms with E-state index in [9.17, 15) is 10.2 Å². The van der Waals surface area contributed by atoms with Crippen LogP contribution in [0.2, 0.25) is 0 Å². The van der Waals surface area contributed by atoms with E-state index in [1.54, 1.807) is 27.7 Å². The molecule has 2 heteroatoms. The third-order valence-corrected chi connectivity index (χ3v) is 2.89. The molecule has 0 aliphatic heterocycles. The van der Waals surface area contributed by atoms with E-state index in [2.05, 4.69) is 0 Å². The molecule has 0 aromatic heterocycles. The SMILES string of the molecule is Cc1cc(C)c(C(C)(C)O)cc1C(C)(C)O. The summed E-state index contributed by atoms with van der Waals surface area (Å²) in [6, 6.07) is 3.92. The van der Waals surface area contributed by atoms with Crippen molar-refractivity contribution in [2.45, 2.75) is 52.7 Å². The monoisotopic (exact) mass is 222 g/mol. The molecule has 1 aromatic carbocycles. The quantitative estimate of drug-likeness (QED) is 0.807. The van der Waals surface area contributed by atoms with Gasteiger partial charge in [0.05, 0.1) is 11.2 Å². The summed E-state index contributed by atoms with van der Waals surface area (Å²) < 4.78 is 0. The average Bonchev–Trinajstić information content (AvgIpc) is 1.97. The topological polar surface area (TPSA) is 40.5 Å². The van der Waals surface area contributed by atoms with Crippen LogP contribution in [0.4, 0.5) is 0 Å². The van der Waals surface area contributed by atoms with Gasteiger partial charge in [-0.2, -0.15) is 0 Å². The van der Waals surface area contributed by atoms with Crippen LogP contribution in [-0.2, 0) is 11.2 Å². The van der Waals surface area contributed by atoms with Crippen molar-refractivity contribution in [2.24, 2.45) is 0 Å². The maximum atomic E-state index is 10.1. The Morgan fingerprint density at radius 2 is 1.06 bits per heavy atom. The van der Waals surface area contributed by atoms with Gasteiger partial charge in [-0.05, 0) is 69.9 Å². The number of hydrogen-bond acceptors (Lipinski definition) is 2. The minimum absolute atomic E-state index is 0.871. The largest absolute Gasteiger partial charge is 0.386 e. The molecular formula is C14H22O2. The molecule has 2 N–H and O–H groups in total. The van der Waals surface area contributed by atoms with Gasteiger partial charge >= 0.3 is 0 Å². The third kappa shape index (κ3) is 2.63. The Kier molecular flexibility index (Phi) is 3.19. The molecule has 0 bridgehead atoms. The van der Waals surface area contributed by atoms with Crippen molar-refractivity contribution in [3.05, 3.63) is 34.4 Å². The van der Waals surface area contributed by atoms with Crippen LogP contribution in [0, 0.1) is 13.8 Å². The van der Waals surface area contributed by atoms with E-state index in [4.69, 9.17) is 0 Å². The number of aryl methyl sites for hydroxylation is 2. The highest BCUT2D eigenvalue weighted by molar-refractivity contribution is 5.42. The summed E-state index contributed by atoms with van der Waals surface area (Å²) in [6.45, 7) is 11.0. The van der Waals surface area contributed by atoms with Crippen molar-refractivity contribution >= 4 is 0 Å². The molecule has 0 atom stereocenters. The van der Waals surface area contributed by atoms with Crippen LogP contribution in [0.25, 0.3) is 0 Å². The Morgan fingerprint density at radius 3 is 1.31 bits per heavy atom. The molecule has 0 spiro atoms. The molecule has 0 unspecified atom stereocenters. The maximum Gasteiger partial charge on any atom is 0.0843 e. The summed E-state index contributed by atoms with van der Waals surface area (Å²) in [5.41, 5.74) is 2.09. The predicted molar refractivity (Wildman–Crippen MR) is 66.4 cm³/mol. The molecule has 0 amide bonds. The lowest BCUT2D eigenvalue weighted by Crippen LogP contribution is -2.22. The fourth-order valence-corrected chi connectivity index (χ4v) is 2.17. The normalized spacial score (nSPS) is 13.0. The second-order valence-corrected chi connectivity index (χ2v) is 5.60. The molecule has 90 valence electrons. The summed E-state index contributed by atoms with van der Waals surface area (Å²) in [5.74, 6) is 0. The third-order valence-electron chi connectivity index (χ3n) is 2.89. The van der Waals surface area contributed by atoms with Crippen LogP contribution in [0.5, 0.6) is 0 Å². The molecule has 0 aliphatic rings.